The molecular weight excluding hydrogens is 563 g/mol. The molecule has 12 nitrogen and oxygen atoms in total. The summed E-state index contributed by atoms with van der Waals surface area (Å²) >= 11 is 0. The Bertz CT molecular complexity index is 1100. The number of hydrogen-bond donors (Lipinski definition) is 4. The van der Waals surface area contributed by atoms with Crippen molar-refractivity contribution in [1.29, 1.82) is 0 Å². The van der Waals surface area contributed by atoms with Gasteiger partial charge < -0.3 is 30.3 Å². The first kappa shape index (κ1) is 34.9. The summed E-state index contributed by atoms with van der Waals surface area (Å²) in [6.07, 6.45) is 13.4. The van der Waals surface area contributed by atoms with Gasteiger partial charge in [0.25, 0.3) is 0 Å². The number of rotatable bonds is 22. The number of phosphoric ester groups is 1. The van der Waals surface area contributed by atoms with E-state index in [1.807, 2.05) is 0 Å². The van der Waals surface area contributed by atoms with Crippen LogP contribution < -0.4 is 5.73 Å². The van der Waals surface area contributed by atoms with E-state index in [0.717, 1.165) is 12.8 Å². The Morgan fingerprint density at radius 2 is 1.57 bits per heavy atom. The fraction of sp³-hybridized carbons (Fsp3) is 0.793. The summed E-state index contributed by atoms with van der Waals surface area (Å²) in [7, 11) is -4.40. The standard InChI is InChI=1S/C29H51N4O8P/c1-3-4-5-6-7-8-9-10-11-12-13-14-18-38-19-15-20-39-42(36,37)40-21-24-26(34)27(35)29(2,41-24)25-17-16-23-28(30)31-22-32-33(23)25/h16-17,22,24,26-27,34-35H,3-15,18-21H2,1-2H3,(H,36,37)(H2,30,31,32)/t24?,26-,27-,29+/m1/s1. The number of nitrogens with two attached hydrogens (primary N) is 1. The zero-order valence-electron chi connectivity index (χ0n) is 25.2. The third-order valence-corrected chi connectivity index (χ3v) is 8.87. The SMILES string of the molecule is CCCCCCCCCCCCCCOCCCOP(=O)(O)OCC1O[C@@](C)(c2ccc3c(N)ncnn23)[C@H](O)[C@@H]1O. The minimum atomic E-state index is -4.40. The van der Waals surface area contributed by atoms with Gasteiger partial charge in [0.15, 0.2) is 5.82 Å². The van der Waals surface area contributed by atoms with E-state index in [4.69, 9.17) is 24.3 Å². The van der Waals surface area contributed by atoms with Crippen LogP contribution in [0.15, 0.2) is 18.5 Å². The van der Waals surface area contributed by atoms with E-state index in [-0.39, 0.29) is 12.4 Å². The highest BCUT2D eigenvalue weighted by atomic mass is 31.2. The van der Waals surface area contributed by atoms with E-state index in [1.54, 1.807) is 19.1 Å². The third kappa shape index (κ3) is 10.2. The third-order valence-electron chi connectivity index (χ3n) is 7.89. The summed E-state index contributed by atoms with van der Waals surface area (Å²) in [5.74, 6) is 0.251. The number of hydrogen-bond acceptors (Lipinski definition) is 10. The highest BCUT2D eigenvalue weighted by Crippen LogP contribution is 2.46. The van der Waals surface area contributed by atoms with Crippen molar-refractivity contribution in [3.05, 3.63) is 24.2 Å². The minimum Gasteiger partial charge on any atom is -0.387 e. The van der Waals surface area contributed by atoms with Gasteiger partial charge in [-0.1, -0.05) is 77.6 Å². The molecule has 13 heteroatoms. The van der Waals surface area contributed by atoms with Crippen molar-refractivity contribution in [2.75, 3.05) is 32.2 Å². The van der Waals surface area contributed by atoms with Crippen molar-refractivity contribution in [2.24, 2.45) is 0 Å². The summed E-state index contributed by atoms with van der Waals surface area (Å²) in [6, 6.07) is 3.35. The van der Waals surface area contributed by atoms with Crippen molar-refractivity contribution in [1.82, 2.24) is 14.6 Å². The van der Waals surface area contributed by atoms with E-state index >= 15 is 0 Å². The lowest BCUT2D eigenvalue weighted by Crippen LogP contribution is -2.39. The van der Waals surface area contributed by atoms with Gasteiger partial charge >= 0.3 is 7.82 Å². The number of ether oxygens (including phenoxy) is 2. The number of nitrogen functional groups attached to an aromatic ring is 1. The molecule has 0 aromatic carbocycles. The van der Waals surface area contributed by atoms with Crippen molar-refractivity contribution >= 4 is 19.2 Å². The van der Waals surface area contributed by atoms with E-state index < -0.39 is 38.3 Å². The molecule has 0 aliphatic carbocycles. The number of aromatic nitrogens is 3. The van der Waals surface area contributed by atoms with Gasteiger partial charge in [0, 0.05) is 13.2 Å². The highest BCUT2D eigenvalue weighted by molar-refractivity contribution is 7.47. The number of aliphatic hydroxyl groups excluding tert-OH is 2. The average molecular weight is 615 g/mol. The van der Waals surface area contributed by atoms with Crippen molar-refractivity contribution in [3.63, 3.8) is 0 Å². The molecule has 2 unspecified atom stereocenters. The molecule has 0 amide bonds. The van der Waals surface area contributed by atoms with Crippen molar-refractivity contribution < 1.29 is 38.2 Å². The molecule has 2 aromatic heterocycles. The summed E-state index contributed by atoms with van der Waals surface area (Å²) < 4.78 is 35.5. The fourth-order valence-corrected chi connectivity index (χ4v) is 6.12. The van der Waals surface area contributed by atoms with Gasteiger partial charge in [-0.2, -0.15) is 5.10 Å². The van der Waals surface area contributed by atoms with Gasteiger partial charge in [-0.15, -0.1) is 0 Å². The lowest BCUT2D eigenvalue weighted by Gasteiger charge is -2.27. The van der Waals surface area contributed by atoms with Crippen LogP contribution in [-0.4, -0.2) is 74.4 Å². The van der Waals surface area contributed by atoms with Crippen LogP contribution in [0, 0.1) is 0 Å². The molecule has 0 saturated carbocycles. The zero-order valence-corrected chi connectivity index (χ0v) is 26.1. The van der Waals surface area contributed by atoms with Crippen LogP contribution in [0.2, 0.25) is 0 Å². The maximum absolute atomic E-state index is 12.4. The molecule has 5 N–H and O–H groups in total. The lowest BCUT2D eigenvalue weighted by molar-refractivity contribution is -0.0888. The maximum atomic E-state index is 12.4. The first-order chi connectivity index (χ1) is 20.2. The van der Waals surface area contributed by atoms with E-state index in [1.165, 1.54) is 75.1 Å². The quantitative estimate of drug-likeness (QED) is 0.105. The molecule has 1 aliphatic rings. The second kappa shape index (κ2) is 17.6. The Balaban J connectivity index is 1.24. The van der Waals surface area contributed by atoms with Crippen LogP contribution in [0.5, 0.6) is 0 Å². The Hall–Kier alpha value is -1.63. The molecule has 42 heavy (non-hydrogen) atoms. The van der Waals surface area contributed by atoms with Crippen LogP contribution in [0.3, 0.4) is 0 Å². The molecule has 0 bridgehead atoms. The van der Waals surface area contributed by atoms with Gasteiger partial charge in [0.2, 0.25) is 0 Å². The van der Waals surface area contributed by atoms with Crippen LogP contribution >= 0.6 is 7.82 Å². The minimum absolute atomic E-state index is 0.0160. The maximum Gasteiger partial charge on any atom is 0.472 e. The van der Waals surface area contributed by atoms with Crippen molar-refractivity contribution in [3.8, 4) is 0 Å². The first-order valence-electron chi connectivity index (χ1n) is 15.5. The Kier molecular flexibility index (Phi) is 14.6. The summed E-state index contributed by atoms with van der Waals surface area (Å²) in [6.45, 7) is 4.45. The average Bonchev–Trinajstić information content (AvgIpc) is 3.50. The normalized spacial score (nSPS) is 24.0. The lowest BCUT2D eigenvalue weighted by atomic mass is 9.93. The molecule has 3 heterocycles. The van der Waals surface area contributed by atoms with E-state index in [0.29, 0.717) is 30.8 Å². The number of aliphatic hydroxyl groups is 2. The smallest absolute Gasteiger partial charge is 0.387 e. The second-order valence-corrected chi connectivity index (χ2v) is 12.8. The molecule has 240 valence electrons. The highest BCUT2D eigenvalue weighted by Gasteiger charge is 2.54. The van der Waals surface area contributed by atoms with Crippen LogP contribution in [0.25, 0.3) is 5.52 Å². The number of nitrogens with zero attached hydrogens (tertiary/aromatic N) is 3. The molecular formula is C29H51N4O8P. The molecule has 0 spiro atoms. The summed E-state index contributed by atoms with van der Waals surface area (Å²) in [5.41, 5.74) is 5.46. The largest absolute Gasteiger partial charge is 0.472 e. The van der Waals surface area contributed by atoms with Crippen LogP contribution in [0.1, 0.15) is 103 Å². The molecule has 1 aliphatic heterocycles. The molecule has 1 saturated heterocycles. The molecule has 1 fully saturated rings. The van der Waals surface area contributed by atoms with Gasteiger partial charge in [0.05, 0.1) is 18.9 Å². The monoisotopic (exact) mass is 614 g/mol. The van der Waals surface area contributed by atoms with Gasteiger partial charge in [0.1, 0.15) is 35.8 Å². The van der Waals surface area contributed by atoms with Crippen LogP contribution in [-0.2, 0) is 28.7 Å². The summed E-state index contributed by atoms with van der Waals surface area (Å²) in [4.78, 5) is 14.0. The van der Waals surface area contributed by atoms with E-state index in [9.17, 15) is 19.7 Å². The number of phosphoric acid groups is 1. The predicted molar refractivity (Wildman–Crippen MR) is 160 cm³/mol. The number of unbranched alkanes of at least 4 members (excludes halogenated alkanes) is 11. The Morgan fingerprint density at radius 1 is 0.952 bits per heavy atom. The molecule has 3 rings (SSSR count). The predicted octanol–water partition coefficient (Wildman–Crippen LogP) is 4.89. The van der Waals surface area contributed by atoms with Crippen molar-refractivity contribution in [2.45, 2.75) is 121 Å². The van der Waals surface area contributed by atoms with Gasteiger partial charge in [-0.05, 0) is 31.9 Å². The van der Waals surface area contributed by atoms with Crippen LogP contribution in [0.4, 0.5) is 5.82 Å². The number of anilines is 1. The Labute approximate surface area is 249 Å². The fourth-order valence-electron chi connectivity index (χ4n) is 5.35. The zero-order chi connectivity index (χ0) is 30.4. The summed E-state index contributed by atoms with van der Waals surface area (Å²) in [5, 5.41) is 25.5. The van der Waals surface area contributed by atoms with E-state index in [2.05, 4.69) is 17.0 Å². The van der Waals surface area contributed by atoms with Gasteiger partial charge in [-0.25, -0.2) is 14.1 Å². The first-order valence-corrected chi connectivity index (χ1v) is 17.0. The molecule has 0 radical (unpaired) electrons. The Morgan fingerprint density at radius 3 is 2.24 bits per heavy atom. The molecule has 2 aromatic rings. The topological polar surface area (TPSA) is 171 Å². The number of fused-ring (bicyclic) bond motifs is 1. The second-order valence-electron chi connectivity index (χ2n) is 11.3. The molecule has 5 atom stereocenters. The van der Waals surface area contributed by atoms with Gasteiger partial charge in [-0.3, -0.25) is 9.05 Å².